The molecule has 1 unspecified atom stereocenters. The van der Waals surface area contributed by atoms with E-state index in [0.717, 1.165) is 18.7 Å². The van der Waals surface area contributed by atoms with E-state index in [2.05, 4.69) is 5.32 Å². The van der Waals surface area contributed by atoms with Crippen LogP contribution in [0.3, 0.4) is 0 Å². The molecule has 21 heavy (non-hydrogen) atoms. The average Bonchev–Trinajstić information content (AvgIpc) is 2.52. The average molecular weight is 299 g/mol. The molecule has 1 atom stereocenters. The molecule has 0 aliphatic carbocycles. The number of nitrogens with one attached hydrogen (secondary N) is 1. The summed E-state index contributed by atoms with van der Waals surface area (Å²) in [5.41, 5.74) is 0. The summed E-state index contributed by atoms with van der Waals surface area (Å²) in [6.45, 7) is 2.49. The molecule has 6 heteroatoms. The first-order valence-electron chi connectivity index (χ1n) is 7.10. The first kappa shape index (κ1) is 17.7. The Morgan fingerprint density at radius 1 is 1.14 bits per heavy atom. The van der Waals surface area contributed by atoms with Crippen LogP contribution < -0.4 is 14.8 Å². The van der Waals surface area contributed by atoms with Gasteiger partial charge in [0.05, 0.1) is 20.3 Å². The van der Waals surface area contributed by atoms with E-state index in [1.165, 1.54) is 0 Å². The molecule has 1 rings (SSSR count). The Bertz CT molecular complexity index is 358. The fourth-order valence-electron chi connectivity index (χ4n) is 1.66. The first-order valence-corrected chi connectivity index (χ1v) is 7.10. The maximum Gasteiger partial charge on any atom is 0.119 e. The molecule has 0 saturated carbocycles. The first-order chi connectivity index (χ1) is 10.3. The maximum absolute atomic E-state index is 9.78. The summed E-state index contributed by atoms with van der Waals surface area (Å²) in [6.07, 6.45) is 0.275. The van der Waals surface area contributed by atoms with E-state index in [0.29, 0.717) is 25.5 Å². The minimum absolute atomic E-state index is 0.0504. The standard InChI is InChI=1S/C15H25NO5/c1-19-14-3-5-15(6-4-14)21-12-13(18)11-16-7-2-9-20-10-8-17/h3-6,13,16-18H,2,7-12H2,1H3. The lowest BCUT2D eigenvalue weighted by Gasteiger charge is -2.13. The summed E-state index contributed by atoms with van der Waals surface area (Å²) in [4.78, 5) is 0. The van der Waals surface area contributed by atoms with Gasteiger partial charge < -0.3 is 29.7 Å². The van der Waals surface area contributed by atoms with Crippen molar-refractivity contribution in [3.8, 4) is 11.5 Å². The fourth-order valence-corrected chi connectivity index (χ4v) is 1.66. The second-order valence-electron chi connectivity index (χ2n) is 4.53. The smallest absolute Gasteiger partial charge is 0.119 e. The van der Waals surface area contributed by atoms with Gasteiger partial charge in [-0.05, 0) is 37.2 Å². The van der Waals surface area contributed by atoms with Crippen molar-refractivity contribution in [3.05, 3.63) is 24.3 Å². The lowest BCUT2D eigenvalue weighted by molar-refractivity contribution is 0.0875. The zero-order valence-corrected chi connectivity index (χ0v) is 12.5. The maximum atomic E-state index is 9.78. The van der Waals surface area contributed by atoms with Gasteiger partial charge in [-0.2, -0.15) is 0 Å². The normalized spacial score (nSPS) is 12.1. The third kappa shape index (κ3) is 8.52. The lowest BCUT2D eigenvalue weighted by Crippen LogP contribution is -2.32. The van der Waals surface area contributed by atoms with Crippen molar-refractivity contribution in [1.82, 2.24) is 5.32 Å². The number of hydrogen-bond acceptors (Lipinski definition) is 6. The molecule has 0 saturated heterocycles. The topological polar surface area (TPSA) is 80.2 Å². The number of rotatable bonds is 12. The number of aliphatic hydroxyl groups is 2. The molecule has 1 aromatic carbocycles. The van der Waals surface area contributed by atoms with Crippen LogP contribution in [0.25, 0.3) is 0 Å². The molecule has 0 bridgehead atoms. The van der Waals surface area contributed by atoms with Crippen LogP contribution in [0.4, 0.5) is 0 Å². The van der Waals surface area contributed by atoms with Crippen LogP contribution in [-0.2, 0) is 4.74 Å². The van der Waals surface area contributed by atoms with Crippen molar-refractivity contribution in [2.24, 2.45) is 0 Å². The molecule has 0 fully saturated rings. The molecule has 0 aliphatic rings. The number of methoxy groups -OCH3 is 1. The lowest BCUT2D eigenvalue weighted by atomic mass is 10.3. The molecule has 1 aromatic rings. The van der Waals surface area contributed by atoms with Gasteiger partial charge in [-0.15, -0.1) is 0 Å². The van der Waals surface area contributed by atoms with Gasteiger partial charge in [-0.3, -0.25) is 0 Å². The quantitative estimate of drug-likeness (QED) is 0.486. The Balaban J connectivity index is 2.03. The van der Waals surface area contributed by atoms with Gasteiger partial charge in [-0.1, -0.05) is 0 Å². The molecule has 0 aromatic heterocycles. The highest BCUT2D eigenvalue weighted by Gasteiger charge is 2.04. The Morgan fingerprint density at radius 3 is 2.52 bits per heavy atom. The fraction of sp³-hybridized carbons (Fsp3) is 0.600. The SMILES string of the molecule is COc1ccc(OCC(O)CNCCCOCCO)cc1. The van der Waals surface area contributed by atoms with E-state index >= 15 is 0 Å². The van der Waals surface area contributed by atoms with Crippen molar-refractivity contribution >= 4 is 0 Å². The Kier molecular flexibility index (Phi) is 9.56. The Hall–Kier alpha value is -1.34. The summed E-state index contributed by atoms with van der Waals surface area (Å²) in [6, 6.07) is 7.23. The monoisotopic (exact) mass is 299 g/mol. The van der Waals surface area contributed by atoms with E-state index in [4.69, 9.17) is 19.3 Å². The molecule has 0 spiro atoms. The highest BCUT2D eigenvalue weighted by molar-refractivity contribution is 5.31. The number of benzene rings is 1. The van der Waals surface area contributed by atoms with E-state index in [9.17, 15) is 5.11 Å². The van der Waals surface area contributed by atoms with Crippen molar-refractivity contribution in [3.63, 3.8) is 0 Å². The van der Waals surface area contributed by atoms with Crippen LogP contribution in [0.5, 0.6) is 11.5 Å². The summed E-state index contributed by atoms with van der Waals surface area (Å²) in [7, 11) is 1.61. The predicted octanol–water partition coefficient (Wildman–Crippen LogP) is 0.424. The molecule has 0 heterocycles. The molecule has 6 nitrogen and oxygen atoms in total. The zero-order chi connectivity index (χ0) is 15.3. The van der Waals surface area contributed by atoms with Crippen molar-refractivity contribution in [1.29, 1.82) is 0 Å². The minimum Gasteiger partial charge on any atom is -0.497 e. The van der Waals surface area contributed by atoms with Crippen molar-refractivity contribution < 1.29 is 24.4 Å². The number of ether oxygens (including phenoxy) is 3. The highest BCUT2D eigenvalue weighted by atomic mass is 16.5. The Labute approximate surface area is 125 Å². The van der Waals surface area contributed by atoms with Gasteiger partial charge >= 0.3 is 0 Å². The van der Waals surface area contributed by atoms with Crippen molar-refractivity contribution in [2.75, 3.05) is 46.6 Å². The summed E-state index contributed by atoms with van der Waals surface area (Å²) >= 11 is 0. The summed E-state index contributed by atoms with van der Waals surface area (Å²) in [5.74, 6) is 1.47. The van der Waals surface area contributed by atoms with Crippen LogP contribution in [0, 0.1) is 0 Å². The van der Waals surface area contributed by atoms with Crippen LogP contribution >= 0.6 is 0 Å². The van der Waals surface area contributed by atoms with Crippen LogP contribution in [0.2, 0.25) is 0 Å². The van der Waals surface area contributed by atoms with Gasteiger partial charge in [0.1, 0.15) is 24.2 Å². The molecule has 0 aliphatic heterocycles. The Morgan fingerprint density at radius 2 is 1.86 bits per heavy atom. The van der Waals surface area contributed by atoms with E-state index in [1.54, 1.807) is 19.2 Å². The highest BCUT2D eigenvalue weighted by Crippen LogP contribution is 2.16. The van der Waals surface area contributed by atoms with Crippen molar-refractivity contribution in [2.45, 2.75) is 12.5 Å². The van der Waals surface area contributed by atoms with E-state index in [-0.39, 0.29) is 13.2 Å². The van der Waals surface area contributed by atoms with Gasteiger partial charge in [0.25, 0.3) is 0 Å². The summed E-state index contributed by atoms with van der Waals surface area (Å²) in [5, 5.41) is 21.4. The molecule has 3 N–H and O–H groups in total. The third-order valence-corrected chi connectivity index (χ3v) is 2.76. The number of hydrogen-bond donors (Lipinski definition) is 3. The molecular weight excluding hydrogens is 274 g/mol. The molecule has 0 amide bonds. The molecule has 120 valence electrons. The summed E-state index contributed by atoms with van der Waals surface area (Å²) < 4.78 is 15.7. The van der Waals surface area contributed by atoms with Crippen LogP contribution in [-0.4, -0.2) is 62.9 Å². The van der Waals surface area contributed by atoms with Gasteiger partial charge in [0.15, 0.2) is 0 Å². The van der Waals surface area contributed by atoms with E-state index in [1.807, 2.05) is 12.1 Å². The predicted molar refractivity (Wildman–Crippen MR) is 79.9 cm³/mol. The van der Waals surface area contributed by atoms with Crippen LogP contribution in [0.1, 0.15) is 6.42 Å². The van der Waals surface area contributed by atoms with Gasteiger partial charge in [0, 0.05) is 13.2 Å². The van der Waals surface area contributed by atoms with E-state index < -0.39 is 6.10 Å². The molecule has 0 radical (unpaired) electrons. The molecular formula is C15H25NO5. The largest absolute Gasteiger partial charge is 0.497 e. The third-order valence-electron chi connectivity index (χ3n) is 2.76. The number of aliphatic hydroxyl groups excluding tert-OH is 2. The van der Waals surface area contributed by atoms with Gasteiger partial charge in [0.2, 0.25) is 0 Å². The second kappa shape index (κ2) is 11.3. The minimum atomic E-state index is -0.564. The van der Waals surface area contributed by atoms with Crippen LogP contribution in [0.15, 0.2) is 24.3 Å². The zero-order valence-electron chi connectivity index (χ0n) is 12.5. The van der Waals surface area contributed by atoms with Gasteiger partial charge in [-0.25, -0.2) is 0 Å². The second-order valence-corrected chi connectivity index (χ2v) is 4.53.